The molecule has 1 fully saturated rings. The summed E-state index contributed by atoms with van der Waals surface area (Å²) in [7, 11) is 0. The molecule has 0 bridgehead atoms. The number of alkyl carbamates (subject to hydrolysis) is 1. The fourth-order valence-electron chi connectivity index (χ4n) is 2.14. The molecule has 0 spiro atoms. The van der Waals surface area contributed by atoms with Gasteiger partial charge in [-0.1, -0.05) is 0 Å². The van der Waals surface area contributed by atoms with Crippen molar-refractivity contribution in [2.75, 3.05) is 26.2 Å². The first-order chi connectivity index (χ1) is 9.47. The highest BCUT2D eigenvalue weighted by molar-refractivity contribution is 5.67. The Labute approximate surface area is 122 Å². The van der Waals surface area contributed by atoms with Crippen molar-refractivity contribution in [1.29, 1.82) is 0 Å². The number of ether oxygens (including phenoxy) is 2. The van der Waals surface area contributed by atoms with Crippen LogP contribution in [-0.4, -0.2) is 44.0 Å². The maximum atomic E-state index is 11.4. The predicted octanol–water partition coefficient (Wildman–Crippen LogP) is 2.45. The molecule has 5 nitrogen and oxygen atoms in total. The maximum absolute atomic E-state index is 11.4. The van der Waals surface area contributed by atoms with Crippen LogP contribution in [0.15, 0.2) is 0 Å². The quantitative estimate of drug-likeness (QED) is 0.706. The van der Waals surface area contributed by atoms with Crippen LogP contribution in [-0.2, 0) is 9.47 Å². The second-order valence-corrected chi connectivity index (χ2v) is 6.31. The minimum atomic E-state index is -0.428. The van der Waals surface area contributed by atoms with Crippen LogP contribution in [0.2, 0.25) is 0 Å². The number of hydrogen-bond acceptors (Lipinski definition) is 4. The molecule has 0 saturated carbocycles. The largest absolute Gasteiger partial charge is 0.444 e. The average molecular weight is 286 g/mol. The summed E-state index contributed by atoms with van der Waals surface area (Å²) in [4.78, 5) is 11.4. The van der Waals surface area contributed by atoms with E-state index < -0.39 is 5.60 Å². The summed E-state index contributed by atoms with van der Waals surface area (Å²) >= 11 is 0. The normalized spacial score (nSPS) is 19.6. The van der Waals surface area contributed by atoms with Gasteiger partial charge in [-0.25, -0.2) is 4.79 Å². The van der Waals surface area contributed by atoms with Gasteiger partial charge in [0, 0.05) is 13.2 Å². The Morgan fingerprint density at radius 1 is 1.25 bits per heavy atom. The van der Waals surface area contributed by atoms with Gasteiger partial charge in [0.2, 0.25) is 0 Å². The molecule has 118 valence electrons. The lowest BCUT2D eigenvalue weighted by atomic mass is 10.1. The predicted molar refractivity (Wildman–Crippen MR) is 79.9 cm³/mol. The third-order valence-electron chi connectivity index (χ3n) is 3.12. The van der Waals surface area contributed by atoms with Gasteiger partial charge >= 0.3 is 6.09 Å². The molecule has 1 aliphatic rings. The maximum Gasteiger partial charge on any atom is 0.407 e. The molecular formula is C15H30N2O3. The zero-order valence-corrected chi connectivity index (χ0v) is 13.2. The van der Waals surface area contributed by atoms with E-state index >= 15 is 0 Å². The number of carbonyl (C=O) groups is 1. The Hall–Kier alpha value is -0.810. The van der Waals surface area contributed by atoms with Crippen LogP contribution in [0.1, 0.15) is 52.9 Å². The Balaban J connectivity index is 1.88. The number of rotatable bonds is 7. The Kier molecular flexibility index (Phi) is 7.92. The van der Waals surface area contributed by atoms with Crippen molar-refractivity contribution in [3.63, 3.8) is 0 Å². The van der Waals surface area contributed by atoms with Crippen LogP contribution in [0.4, 0.5) is 4.79 Å². The molecule has 0 aromatic rings. The minimum absolute atomic E-state index is 0.340. The molecule has 0 aromatic heterocycles. The number of hydrogen-bond donors (Lipinski definition) is 2. The topological polar surface area (TPSA) is 59.6 Å². The Morgan fingerprint density at radius 2 is 2.05 bits per heavy atom. The van der Waals surface area contributed by atoms with Gasteiger partial charge in [0.15, 0.2) is 0 Å². The first kappa shape index (κ1) is 17.2. The van der Waals surface area contributed by atoms with Crippen molar-refractivity contribution in [3.8, 4) is 0 Å². The van der Waals surface area contributed by atoms with Crippen LogP contribution in [0, 0.1) is 0 Å². The molecule has 1 heterocycles. The van der Waals surface area contributed by atoms with Gasteiger partial charge in [-0.05, 0) is 66.0 Å². The van der Waals surface area contributed by atoms with E-state index in [1.807, 2.05) is 20.8 Å². The summed E-state index contributed by atoms with van der Waals surface area (Å²) in [5.41, 5.74) is -0.428. The van der Waals surface area contributed by atoms with E-state index in [0.717, 1.165) is 32.5 Å². The molecule has 0 radical (unpaired) electrons. The number of nitrogens with one attached hydrogen (secondary N) is 2. The van der Waals surface area contributed by atoms with E-state index in [4.69, 9.17) is 9.47 Å². The summed E-state index contributed by atoms with van der Waals surface area (Å²) in [6, 6.07) is 0. The summed E-state index contributed by atoms with van der Waals surface area (Å²) in [5, 5.41) is 6.14. The van der Waals surface area contributed by atoms with E-state index in [1.54, 1.807) is 0 Å². The Morgan fingerprint density at radius 3 is 2.70 bits per heavy atom. The molecule has 5 heteroatoms. The van der Waals surface area contributed by atoms with Gasteiger partial charge in [0.05, 0.1) is 6.10 Å². The third kappa shape index (κ3) is 9.15. The van der Waals surface area contributed by atoms with Gasteiger partial charge in [-0.3, -0.25) is 0 Å². The standard InChI is InChI=1S/C15H30N2O3/c1-15(2,3)20-14(18)17-10-6-9-16-11-8-13-7-4-5-12-19-13/h13,16H,4-12H2,1-3H3,(H,17,18). The second kappa shape index (κ2) is 9.19. The second-order valence-electron chi connectivity index (χ2n) is 6.31. The van der Waals surface area contributed by atoms with E-state index in [1.165, 1.54) is 19.3 Å². The first-order valence-electron chi connectivity index (χ1n) is 7.76. The molecule has 20 heavy (non-hydrogen) atoms. The summed E-state index contributed by atoms with van der Waals surface area (Å²) < 4.78 is 10.8. The fraction of sp³-hybridized carbons (Fsp3) is 0.933. The number of carbonyl (C=O) groups excluding carboxylic acids is 1. The van der Waals surface area contributed by atoms with Gasteiger partial charge in [-0.15, -0.1) is 0 Å². The van der Waals surface area contributed by atoms with E-state index in [9.17, 15) is 4.79 Å². The van der Waals surface area contributed by atoms with Crippen molar-refractivity contribution < 1.29 is 14.3 Å². The van der Waals surface area contributed by atoms with Gasteiger partial charge < -0.3 is 20.1 Å². The lowest BCUT2D eigenvalue weighted by molar-refractivity contribution is 0.0116. The van der Waals surface area contributed by atoms with Crippen LogP contribution in [0.3, 0.4) is 0 Å². The smallest absolute Gasteiger partial charge is 0.407 e. The number of amides is 1. The minimum Gasteiger partial charge on any atom is -0.444 e. The monoisotopic (exact) mass is 286 g/mol. The molecule has 1 amide bonds. The Bertz CT molecular complexity index is 271. The van der Waals surface area contributed by atoms with Crippen molar-refractivity contribution in [2.45, 2.75) is 64.6 Å². The van der Waals surface area contributed by atoms with Crippen molar-refractivity contribution in [3.05, 3.63) is 0 Å². The van der Waals surface area contributed by atoms with Crippen LogP contribution >= 0.6 is 0 Å². The van der Waals surface area contributed by atoms with Gasteiger partial charge in [-0.2, -0.15) is 0 Å². The van der Waals surface area contributed by atoms with Crippen molar-refractivity contribution in [2.24, 2.45) is 0 Å². The molecule has 2 N–H and O–H groups in total. The van der Waals surface area contributed by atoms with E-state index in [2.05, 4.69) is 10.6 Å². The highest BCUT2D eigenvalue weighted by Gasteiger charge is 2.15. The van der Waals surface area contributed by atoms with E-state index in [-0.39, 0.29) is 6.09 Å². The highest BCUT2D eigenvalue weighted by Crippen LogP contribution is 2.14. The molecule has 1 saturated heterocycles. The van der Waals surface area contributed by atoms with Gasteiger partial charge in [0.25, 0.3) is 0 Å². The molecule has 1 atom stereocenters. The van der Waals surface area contributed by atoms with Crippen LogP contribution in [0.25, 0.3) is 0 Å². The van der Waals surface area contributed by atoms with Crippen molar-refractivity contribution in [1.82, 2.24) is 10.6 Å². The molecule has 1 aliphatic heterocycles. The zero-order valence-electron chi connectivity index (χ0n) is 13.2. The molecule has 0 aliphatic carbocycles. The summed E-state index contributed by atoms with van der Waals surface area (Å²) in [6.07, 6.45) is 5.79. The third-order valence-corrected chi connectivity index (χ3v) is 3.12. The SMILES string of the molecule is CC(C)(C)OC(=O)NCCCNCCC1CCCCO1. The van der Waals surface area contributed by atoms with Gasteiger partial charge in [0.1, 0.15) is 5.60 Å². The van der Waals surface area contributed by atoms with E-state index in [0.29, 0.717) is 12.6 Å². The lowest BCUT2D eigenvalue weighted by Crippen LogP contribution is -2.34. The van der Waals surface area contributed by atoms with Crippen LogP contribution in [0.5, 0.6) is 0 Å². The van der Waals surface area contributed by atoms with Crippen LogP contribution < -0.4 is 10.6 Å². The molecule has 1 rings (SSSR count). The molecule has 0 aromatic carbocycles. The zero-order chi connectivity index (χ0) is 14.8. The fourth-order valence-corrected chi connectivity index (χ4v) is 2.14. The first-order valence-corrected chi connectivity index (χ1v) is 7.76. The molecular weight excluding hydrogens is 256 g/mol. The molecule has 1 unspecified atom stereocenters. The average Bonchev–Trinajstić information content (AvgIpc) is 2.37. The highest BCUT2D eigenvalue weighted by atomic mass is 16.6. The summed E-state index contributed by atoms with van der Waals surface area (Å²) in [5.74, 6) is 0. The van der Waals surface area contributed by atoms with Crippen molar-refractivity contribution >= 4 is 6.09 Å². The lowest BCUT2D eigenvalue weighted by Gasteiger charge is -2.22. The summed E-state index contributed by atoms with van der Waals surface area (Å²) in [6.45, 7) is 9.04.